The highest BCUT2D eigenvalue weighted by Crippen LogP contribution is 2.29. The number of nitrogens with zero attached hydrogens (tertiary/aromatic N) is 1. The van der Waals surface area contributed by atoms with E-state index in [4.69, 9.17) is 5.84 Å². The topological polar surface area (TPSA) is 67.6 Å². The van der Waals surface area contributed by atoms with E-state index in [0.717, 1.165) is 19.6 Å². The summed E-state index contributed by atoms with van der Waals surface area (Å²) in [4.78, 5) is 17.9. The van der Waals surface area contributed by atoms with E-state index >= 15 is 0 Å². The first-order chi connectivity index (χ1) is 7.53. The molecule has 5 heteroatoms. The molecule has 1 fully saturated rings. The maximum absolute atomic E-state index is 11.1. The second kappa shape index (κ2) is 6.18. The molecule has 0 aromatic carbocycles. The molecule has 0 aromatic heterocycles. The number of likely N-dealkylation sites (tertiary alicyclic amines) is 1. The summed E-state index contributed by atoms with van der Waals surface area (Å²) in [5.74, 6) is 4.59. The Morgan fingerprint density at radius 3 is 2.88 bits per heavy atom. The van der Waals surface area contributed by atoms with Crippen LogP contribution in [0.2, 0.25) is 0 Å². The molecule has 1 heterocycles. The van der Waals surface area contributed by atoms with Gasteiger partial charge in [0, 0.05) is 6.54 Å². The van der Waals surface area contributed by atoms with Gasteiger partial charge in [0.1, 0.15) is 0 Å². The van der Waals surface area contributed by atoms with Crippen molar-refractivity contribution in [2.24, 2.45) is 11.3 Å². The minimum Gasteiger partial charge on any atom is -0.356 e. The van der Waals surface area contributed by atoms with Crippen LogP contribution in [0.1, 0.15) is 39.5 Å². The molecule has 0 amide bonds. The highest BCUT2D eigenvalue weighted by Gasteiger charge is 2.23. The van der Waals surface area contributed by atoms with Gasteiger partial charge in [-0.2, -0.15) is 0 Å². The SMILES string of the molecule is CC1(C)CCCN(CCC(=O)ONN)CC1. The fourth-order valence-electron chi connectivity index (χ4n) is 2.07. The average molecular weight is 229 g/mol. The quantitative estimate of drug-likeness (QED) is 0.551. The van der Waals surface area contributed by atoms with Crippen LogP contribution >= 0.6 is 0 Å². The van der Waals surface area contributed by atoms with Gasteiger partial charge in [0.15, 0.2) is 0 Å². The van der Waals surface area contributed by atoms with Gasteiger partial charge in [-0.1, -0.05) is 19.4 Å². The summed E-state index contributed by atoms with van der Waals surface area (Å²) < 4.78 is 0. The number of hydrazine groups is 1. The molecule has 1 aliphatic rings. The van der Waals surface area contributed by atoms with Crippen LogP contribution in [0.4, 0.5) is 0 Å². The van der Waals surface area contributed by atoms with Crippen LogP contribution in [0.15, 0.2) is 0 Å². The lowest BCUT2D eigenvalue weighted by atomic mass is 9.85. The van der Waals surface area contributed by atoms with Gasteiger partial charge in [0.25, 0.3) is 0 Å². The van der Waals surface area contributed by atoms with Crippen LogP contribution in [0.25, 0.3) is 0 Å². The van der Waals surface area contributed by atoms with Gasteiger partial charge in [0.05, 0.1) is 6.42 Å². The molecule has 0 unspecified atom stereocenters. The third kappa shape index (κ3) is 4.92. The summed E-state index contributed by atoms with van der Waals surface area (Å²) in [5, 5.41) is 0. The summed E-state index contributed by atoms with van der Waals surface area (Å²) in [5.41, 5.74) is 2.35. The van der Waals surface area contributed by atoms with Crippen molar-refractivity contribution < 1.29 is 9.63 Å². The Hall–Kier alpha value is -0.650. The zero-order chi connectivity index (χ0) is 12.0. The normalized spacial score (nSPS) is 21.4. The van der Waals surface area contributed by atoms with Crippen molar-refractivity contribution in [1.82, 2.24) is 10.5 Å². The molecule has 16 heavy (non-hydrogen) atoms. The minimum atomic E-state index is -0.300. The molecule has 0 aliphatic carbocycles. The van der Waals surface area contributed by atoms with E-state index in [9.17, 15) is 4.79 Å². The molecule has 1 aliphatic heterocycles. The molecule has 0 bridgehead atoms. The predicted molar refractivity (Wildman–Crippen MR) is 62.1 cm³/mol. The maximum Gasteiger partial charge on any atom is 0.327 e. The number of carbonyl (C=O) groups is 1. The lowest BCUT2D eigenvalue weighted by Gasteiger charge is -2.22. The molecular weight excluding hydrogens is 206 g/mol. The summed E-state index contributed by atoms with van der Waals surface area (Å²) in [7, 11) is 0. The number of hydrogen-bond donors (Lipinski definition) is 2. The lowest BCUT2D eigenvalue weighted by Crippen LogP contribution is -2.31. The molecule has 1 saturated heterocycles. The molecular formula is C11H23N3O2. The molecule has 0 saturated carbocycles. The maximum atomic E-state index is 11.1. The van der Waals surface area contributed by atoms with Gasteiger partial charge >= 0.3 is 5.97 Å². The number of rotatable bonds is 4. The van der Waals surface area contributed by atoms with E-state index in [1.165, 1.54) is 19.3 Å². The molecule has 0 spiro atoms. The van der Waals surface area contributed by atoms with Gasteiger partial charge in [-0.15, -0.1) is 0 Å². The van der Waals surface area contributed by atoms with Crippen molar-refractivity contribution in [3.8, 4) is 0 Å². The van der Waals surface area contributed by atoms with Crippen molar-refractivity contribution in [3.63, 3.8) is 0 Å². The smallest absolute Gasteiger partial charge is 0.327 e. The van der Waals surface area contributed by atoms with E-state index < -0.39 is 0 Å². The van der Waals surface area contributed by atoms with Crippen LogP contribution < -0.4 is 11.4 Å². The Morgan fingerprint density at radius 2 is 2.19 bits per heavy atom. The first-order valence-electron chi connectivity index (χ1n) is 5.91. The van der Waals surface area contributed by atoms with Crippen molar-refractivity contribution in [2.45, 2.75) is 39.5 Å². The number of nitrogens with two attached hydrogens (primary N) is 1. The van der Waals surface area contributed by atoms with Gasteiger partial charge in [-0.25, -0.2) is 5.84 Å². The Labute approximate surface area is 97.2 Å². The van der Waals surface area contributed by atoms with E-state index in [0.29, 0.717) is 11.8 Å². The summed E-state index contributed by atoms with van der Waals surface area (Å²) in [6.45, 7) is 7.52. The molecule has 0 radical (unpaired) electrons. The Balaban J connectivity index is 2.25. The highest BCUT2D eigenvalue weighted by molar-refractivity contribution is 5.69. The van der Waals surface area contributed by atoms with E-state index in [1.54, 1.807) is 0 Å². The van der Waals surface area contributed by atoms with Crippen LogP contribution in [0.3, 0.4) is 0 Å². The predicted octanol–water partition coefficient (Wildman–Crippen LogP) is 0.810. The highest BCUT2D eigenvalue weighted by atomic mass is 16.7. The zero-order valence-corrected chi connectivity index (χ0v) is 10.3. The van der Waals surface area contributed by atoms with E-state index in [-0.39, 0.29) is 5.97 Å². The largest absolute Gasteiger partial charge is 0.356 e. The fourth-order valence-corrected chi connectivity index (χ4v) is 2.07. The molecule has 0 atom stereocenters. The molecule has 3 N–H and O–H groups in total. The summed E-state index contributed by atoms with van der Waals surface area (Å²) in [6.07, 6.45) is 4.05. The monoisotopic (exact) mass is 229 g/mol. The lowest BCUT2D eigenvalue weighted by molar-refractivity contribution is -0.151. The third-order valence-corrected chi connectivity index (χ3v) is 3.24. The number of carbonyl (C=O) groups excluding carboxylic acids is 1. The van der Waals surface area contributed by atoms with Crippen molar-refractivity contribution in [3.05, 3.63) is 0 Å². The van der Waals surface area contributed by atoms with Gasteiger partial charge in [-0.3, -0.25) is 4.79 Å². The molecule has 94 valence electrons. The second-order valence-corrected chi connectivity index (χ2v) is 5.20. The Bertz CT molecular complexity index is 231. The molecule has 5 nitrogen and oxygen atoms in total. The van der Waals surface area contributed by atoms with Crippen LogP contribution in [0.5, 0.6) is 0 Å². The van der Waals surface area contributed by atoms with Crippen molar-refractivity contribution >= 4 is 5.97 Å². The Kier molecular flexibility index (Phi) is 5.18. The number of nitrogens with one attached hydrogen (secondary N) is 1. The van der Waals surface area contributed by atoms with Crippen LogP contribution in [-0.4, -0.2) is 30.5 Å². The average Bonchev–Trinajstić information content (AvgIpc) is 2.37. The fraction of sp³-hybridized carbons (Fsp3) is 0.909. The first-order valence-corrected chi connectivity index (χ1v) is 5.91. The van der Waals surface area contributed by atoms with Gasteiger partial charge < -0.3 is 9.74 Å². The second-order valence-electron chi connectivity index (χ2n) is 5.20. The summed E-state index contributed by atoms with van der Waals surface area (Å²) >= 11 is 0. The van der Waals surface area contributed by atoms with Crippen LogP contribution in [0, 0.1) is 5.41 Å². The number of hydrogen-bond acceptors (Lipinski definition) is 5. The Morgan fingerprint density at radius 1 is 1.44 bits per heavy atom. The van der Waals surface area contributed by atoms with E-state index in [1.807, 2.05) is 5.59 Å². The van der Waals surface area contributed by atoms with Crippen molar-refractivity contribution in [1.29, 1.82) is 0 Å². The van der Waals surface area contributed by atoms with E-state index in [2.05, 4.69) is 23.6 Å². The summed E-state index contributed by atoms with van der Waals surface area (Å²) in [6, 6.07) is 0. The standard InChI is InChI=1S/C11H23N3O2/c1-11(2)5-3-7-14(9-6-11)8-4-10(15)16-13-12/h13H,3-9,12H2,1-2H3. The van der Waals surface area contributed by atoms with Gasteiger partial charge in [0.2, 0.25) is 0 Å². The zero-order valence-electron chi connectivity index (χ0n) is 10.3. The first kappa shape index (κ1) is 13.4. The van der Waals surface area contributed by atoms with Crippen molar-refractivity contribution in [2.75, 3.05) is 19.6 Å². The minimum absolute atomic E-state index is 0.300. The molecule has 0 aromatic rings. The molecule has 1 rings (SSSR count). The third-order valence-electron chi connectivity index (χ3n) is 3.24. The van der Waals surface area contributed by atoms with Crippen LogP contribution in [-0.2, 0) is 9.63 Å². The van der Waals surface area contributed by atoms with Gasteiger partial charge in [-0.05, 0) is 37.8 Å².